The van der Waals surface area contributed by atoms with E-state index in [9.17, 15) is 10.1 Å². The van der Waals surface area contributed by atoms with Gasteiger partial charge in [0.2, 0.25) is 11.9 Å². The van der Waals surface area contributed by atoms with Gasteiger partial charge in [0.05, 0.1) is 27.5 Å². The molecule has 0 amide bonds. The summed E-state index contributed by atoms with van der Waals surface area (Å²) in [5, 5.41) is 25.9. The van der Waals surface area contributed by atoms with E-state index >= 15 is 0 Å². The third-order valence-electron chi connectivity index (χ3n) is 2.63. The first-order valence-corrected chi connectivity index (χ1v) is 6.28. The molecule has 1 aromatic carbocycles. The molecule has 0 fully saturated rings. The van der Waals surface area contributed by atoms with E-state index in [0.29, 0.717) is 0 Å². The molecule has 12 heteroatoms. The van der Waals surface area contributed by atoms with Crippen molar-refractivity contribution in [2.45, 2.75) is 13.8 Å². The molecule has 11 nitrogen and oxygen atoms in total. The number of nitro benzene ring substituents is 1. The Morgan fingerprint density at radius 1 is 0.917 bits per heavy atom. The first kappa shape index (κ1) is 20.8. The van der Waals surface area contributed by atoms with Gasteiger partial charge in [-0.1, -0.05) is 6.07 Å². The van der Waals surface area contributed by atoms with Crippen LogP contribution in [0.25, 0.3) is 0 Å². The van der Waals surface area contributed by atoms with Crippen LogP contribution in [0.4, 0.5) is 5.69 Å². The van der Waals surface area contributed by atoms with Gasteiger partial charge in [-0.2, -0.15) is 10.2 Å². The Labute approximate surface area is 143 Å². The maximum absolute atomic E-state index is 11.5. The molecule has 8 N–H and O–H groups in total. The van der Waals surface area contributed by atoms with Crippen molar-refractivity contribution in [3.8, 4) is 0 Å². The standard InChI is InChI=1S/C12H17N9O2.ClH/c1-6(17-19-11(13)14)8-4-3-5-9(10(8)21(22)23)7(2)18-20-12(15)16;/h3-5H,1-2H3,(H4,13,14,19)(H4,15,16,20);1H/b17-6+,18-7+;. The second kappa shape index (κ2) is 9.05. The normalized spacial score (nSPS) is 11.2. The highest BCUT2D eigenvalue weighted by Crippen LogP contribution is 2.25. The predicted octanol–water partition coefficient (Wildman–Crippen LogP) is 0.0114. The largest absolute Gasteiger partial charge is 0.369 e. The summed E-state index contributed by atoms with van der Waals surface area (Å²) in [5.41, 5.74) is 21.6. The molecule has 130 valence electrons. The van der Waals surface area contributed by atoms with Crippen molar-refractivity contribution in [3.05, 3.63) is 39.4 Å². The number of para-hydroxylation sites is 1. The van der Waals surface area contributed by atoms with E-state index < -0.39 is 4.92 Å². The third-order valence-corrected chi connectivity index (χ3v) is 2.63. The maximum atomic E-state index is 11.5. The molecule has 0 bridgehead atoms. The molecule has 0 aromatic heterocycles. The Morgan fingerprint density at radius 2 is 1.29 bits per heavy atom. The number of rotatable bonds is 5. The summed E-state index contributed by atoms with van der Waals surface area (Å²) in [6.45, 7) is 3.09. The van der Waals surface area contributed by atoms with Crippen molar-refractivity contribution in [2.24, 2.45) is 43.3 Å². The fraction of sp³-hybridized carbons (Fsp3) is 0.167. The first-order chi connectivity index (χ1) is 10.7. The zero-order chi connectivity index (χ0) is 17.6. The SMILES string of the molecule is C/C(=N\N=C(N)N)c1cccc(/C(C)=N/N=C(N)N)c1[N+](=O)[O-].Cl. The van der Waals surface area contributed by atoms with Crippen molar-refractivity contribution in [2.75, 3.05) is 0 Å². The van der Waals surface area contributed by atoms with Crippen LogP contribution in [-0.4, -0.2) is 28.3 Å². The number of nitrogens with zero attached hydrogens (tertiary/aromatic N) is 5. The number of nitro groups is 1. The van der Waals surface area contributed by atoms with Gasteiger partial charge in [0, 0.05) is 0 Å². The lowest BCUT2D eigenvalue weighted by Crippen LogP contribution is -2.22. The fourth-order valence-electron chi connectivity index (χ4n) is 1.70. The predicted molar refractivity (Wildman–Crippen MR) is 96.4 cm³/mol. The zero-order valence-electron chi connectivity index (χ0n) is 13.0. The lowest BCUT2D eigenvalue weighted by molar-refractivity contribution is -0.385. The highest BCUT2D eigenvalue weighted by Gasteiger charge is 2.23. The van der Waals surface area contributed by atoms with Crippen molar-refractivity contribution >= 4 is 41.4 Å². The average molecular weight is 356 g/mol. The van der Waals surface area contributed by atoms with Gasteiger partial charge in [0.15, 0.2) is 0 Å². The van der Waals surface area contributed by atoms with Gasteiger partial charge in [0.1, 0.15) is 0 Å². The Balaban J connectivity index is 0.00000529. The maximum Gasteiger partial charge on any atom is 0.287 e. The molecule has 0 heterocycles. The molecule has 0 radical (unpaired) electrons. The zero-order valence-corrected chi connectivity index (χ0v) is 13.8. The second-order valence-corrected chi connectivity index (χ2v) is 4.38. The highest BCUT2D eigenvalue weighted by atomic mass is 35.5. The van der Waals surface area contributed by atoms with Gasteiger partial charge in [-0.15, -0.1) is 22.6 Å². The van der Waals surface area contributed by atoms with Crippen LogP contribution < -0.4 is 22.9 Å². The summed E-state index contributed by atoms with van der Waals surface area (Å²) in [7, 11) is 0. The monoisotopic (exact) mass is 355 g/mol. The summed E-state index contributed by atoms with van der Waals surface area (Å²) in [4.78, 5) is 10.9. The van der Waals surface area contributed by atoms with E-state index in [1.807, 2.05) is 0 Å². The van der Waals surface area contributed by atoms with Crippen molar-refractivity contribution in [3.63, 3.8) is 0 Å². The van der Waals surface area contributed by atoms with E-state index in [-0.39, 0.29) is 52.6 Å². The van der Waals surface area contributed by atoms with Gasteiger partial charge in [-0.3, -0.25) is 10.1 Å². The number of halogens is 1. The first-order valence-electron chi connectivity index (χ1n) is 6.28. The Bertz CT molecular complexity index is 680. The van der Waals surface area contributed by atoms with Crippen molar-refractivity contribution in [1.82, 2.24) is 0 Å². The molecule has 0 saturated heterocycles. The summed E-state index contributed by atoms with van der Waals surface area (Å²) in [5.74, 6) is -0.512. The van der Waals surface area contributed by atoms with Crippen molar-refractivity contribution < 1.29 is 4.92 Å². The van der Waals surface area contributed by atoms with Gasteiger partial charge in [0.25, 0.3) is 5.69 Å². The van der Waals surface area contributed by atoms with Gasteiger partial charge in [-0.25, -0.2) is 0 Å². The van der Waals surface area contributed by atoms with Crippen LogP contribution in [-0.2, 0) is 0 Å². The van der Waals surface area contributed by atoms with E-state index in [1.165, 1.54) is 12.1 Å². The minimum atomic E-state index is -0.548. The summed E-state index contributed by atoms with van der Waals surface area (Å²) < 4.78 is 0. The van der Waals surface area contributed by atoms with Crippen molar-refractivity contribution in [1.29, 1.82) is 0 Å². The molecule has 0 aliphatic heterocycles. The van der Waals surface area contributed by atoms with Crippen LogP contribution in [0.15, 0.2) is 38.6 Å². The number of benzene rings is 1. The van der Waals surface area contributed by atoms with Crippen LogP contribution in [0.5, 0.6) is 0 Å². The molecule has 24 heavy (non-hydrogen) atoms. The molecule has 0 aliphatic carbocycles. The summed E-state index contributed by atoms with van der Waals surface area (Å²) >= 11 is 0. The lowest BCUT2D eigenvalue weighted by Gasteiger charge is -2.06. The molecule has 1 rings (SSSR count). The number of nitrogens with two attached hydrogens (primary N) is 4. The van der Waals surface area contributed by atoms with Crippen LogP contribution in [0.2, 0.25) is 0 Å². The molecule has 0 aliphatic rings. The average Bonchev–Trinajstić information content (AvgIpc) is 2.49. The molecular weight excluding hydrogens is 338 g/mol. The van der Waals surface area contributed by atoms with Gasteiger partial charge in [-0.05, 0) is 26.0 Å². The van der Waals surface area contributed by atoms with Crippen LogP contribution >= 0.6 is 12.4 Å². The Hall–Kier alpha value is -3.21. The van der Waals surface area contributed by atoms with E-state index in [4.69, 9.17) is 22.9 Å². The smallest absolute Gasteiger partial charge is 0.287 e. The lowest BCUT2D eigenvalue weighted by atomic mass is 10.0. The third kappa shape index (κ3) is 5.53. The van der Waals surface area contributed by atoms with Gasteiger partial charge < -0.3 is 22.9 Å². The van der Waals surface area contributed by atoms with Gasteiger partial charge >= 0.3 is 0 Å². The number of hydrogen-bond acceptors (Lipinski definition) is 6. The van der Waals surface area contributed by atoms with Crippen LogP contribution in [0, 0.1) is 10.1 Å². The summed E-state index contributed by atoms with van der Waals surface area (Å²) in [6.07, 6.45) is 0. The number of hydrogen-bond donors (Lipinski definition) is 4. The second-order valence-electron chi connectivity index (χ2n) is 4.38. The summed E-state index contributed by atoms with van der Waals surface area (Å²) in [6, 6.07) is 4.66. The Kier molecular flexibility index (Phi) is 7.84. The fourth-order valence-corrected chi connectivity index (χ4v) is 1.70. The molecule has 0 saturated carbocycles. The molecular formula is C12H18ClN9O2. The highest BCUT2D eigenvalue weighted by molar-refractivity contribution is 6.09. The molecule has 0 spiro atoms. The van der Waals surface area contributed by atoms with E-state index in [2.05, 4.69) is 20.4 Å². The molecule has 1 aromatic rings. The Morgan fingerprint density at radius 3 is 1.58 bits per heavy atom. The number of guanidine groups is 2. The molecule has 0 atom stereocenters. The quantitative estimate of drug-likeness (QED) is 0.248. The van der Waals surface area contributed by atoms with E-state index in [0.717, 1.165) is 0 Å². The van der Waals surface area contributed by atoms with Crippen LogP contribution in [0.1, 0.15) is 25.0 Å². The minimum absolute atomic E-state index is 0. The molecule has 0 unspecified atom stereocenters. The van der Waals surface area contributed by atoms with E-state index in [1.54, 1.807) is 19.9 Å². The minimum Gasteiger partial charge on any atom is -0.369 e. The topological polar surface area (TPSA) is 197 Å². The van der Waals surface area contributed by atoms with Crippen LogP contribution in [0.3, 0.4) is 0 Å².